The molecule has 4 nitrogen and oxygen atoms in total. The summed E-state index contributed by atoms with van der Waals surface area (Å²) >= 11 is 5.92. The number of aromatic nitrogens is 1. The lowest BCUT2D eigenvalue weighted by molar-refractivity contribution is 0.0992. The summed E-state index contributed by atoms with van der Waals surface area (Å²) in [6.45, 7) is 1.71. The van der Waals surface area contributed by atoms with Crippen molar-refractivity contribution < 1.29 is 9.18 Å². The highest BCUT2D eigenvalue weighted by molar-refractivity contribution is 6.30. The molecule has 26 heavy (non-hydrogen) atoms. The van der Waals surface area contributed by atoms with E-state index in [1.807, 2.05) is 18.2 Å². The molecule has 1 amide bonds. The summed E-state index contributed by atoms with van der Waals surface area (Å²) in [6.07, 6.45) is 1.00. The summed E-state index contributed by atoms with van der Waals surface area (Å²) in [5.74, 6) is 0.00460. The van der Waals surface area contributed by atoms with Gasteiger partial charge in [0.15, 0.2) is 0 Å². The molecular formula is C20H15ClFN3O. The van der Waals surface area contributed by atoms with Crippen molar-refractivity contribution in [3.05, 3.63) is 88.3 Å². The molecule has 4 rings (SSSR count). The van der Waals surface area contributed by atoms with Crippen molar-refractivity contribution in [3.8, 4) is 0 Å². The molecule has 0 spiro atoms. The second-order valence-corrected chi connectivity index (χ2v) is 6.54. The number of pyridine rings is 1. The minimum absolute atomic E-state index is 0.166. The summed E-state index contributed by atoms with van der Waals surface area (Å²) in [6, 6.07) is 15.6. The van der Waals surface area contributed by atoms with Crippen molar-refractivity contribution in [2.75, 3.05) is 10.2 Å². The summed E-state index contributed by atoms with van der Waals surface area (Å²) in [5.41, 5.74) is 2.56. The summed E-state index contributed by atoms with van der Waals surface area (Å²) in [7, 11) is 0. The minimum Gasteiger partial charge on any atom is -0.361 e. The van der Waals surface area contributed by atoms with Gasteiger partial charge in [-0.05, 0) is 42.8 Å². The molecule has 0 fully saturated rings. The van der Waals surface area contributed by atoms with Gasteiger partial charge in [-0.1, -0.05) is 35.9 Å². The highest BCUT2D eigenvalue weighted by Crippen LogP contribution is 2.37. The van der Waals surface area contributed by atoms with E-state index in [-0.39, 0.29) is 11.7 Å². The van der Waals surface area contributed by atoms with Gasteiger partial charge in [-0.25, -0.2) is 9.37 Å². The lowest BCUT2D eigenvalue weighted by atomic mass is 10.1. The van der Waals surface area contributed by atoms with Crippen molar-refractivity contribution in [3.63, 3.8) is 0 Å². The van der Waals surface area contributed by atoms with Crippen molar-refractivity contribution in [1.29, 1.82) is 0 Å². The number of rotatable bonds is 3. The first-order valence-corrected chi connectivity index (χ1v) is 8.49. The third kappa shape index (κ3) is 2.80. The molecule has 1 aromatic heterocycles. The summed E-state index contributed by atoms with van der Waals surface area (Å²) < 4.78 is 13.9. The van der Waals surface area contributed by atoms with Gasteiger partial charge in [0.05, 0.1) is 5.02 Å². The fourth-order valence-corrected chi connectivity index (χ4v) is 3.16. The smallest absolute Gasteiger partial charge is 0.261 e. The molecule has 3 aromatic rings. The molecule has 1 aliphatic heterocycles. The average molecular weight is 368 g/mol. The maximum atomic E-state index is 13.9. The van der Waals surface area contributed by atoms with Crippen LogP contribution in [-0.4, -0.2) is 10.9 Å². The molecule has 2 aromatic carbocycles. The number of carbonyl (C=O) groups is 1. The van der Waals surface area contributed by atoms with Gasteiger partial charge in [0, 0.05) is 23.0 Å². The Morgan fingerprint density at radius 2 is 1.96 bits per heavy atom. The van der Waals surface area contributed by atoms with E-state index in [0.717, 1.165) is 5.56 Å². The molecule has 0 unspecified atom stereocenters. The molecule has 1 N–H and O–H groups in total. The van der Waals surface area contributed by atoms with Gasteiger partial charge in [-0.2, -0.15) is 0 Å². The zero-order valence-electron chi connectivity index (χ0n) is 13.9. The second kappa shape index (κ2) is 6.42. The number of anilines is 2. The van der Waals surface area contributed by atoms with Crippen LogP contribution in [-0.2, 0) is 0 Å². The minimum atomic E-state index is -0.491. The quantitative estimate of drug-likeness (QED) is 0.712. The lowest BCUT2D eigenvalue weighted by Gasteiger charge is -2.26. The van der Waals surface area contributed by atoms with Gasteiger partial charge in [0.1, 0.15) is 17.8 Å². The highest BCUT2D eigenvalue weighted by Gasteiger charge is 2.38. The zero-order chi connectivity index (χ0) is 18.3. The number of hydrogen-bond donors (Lipinski definition) is 1. The molecule has 1 aliphatic rings. The van der Waals surface area contributed by atoms with Crippen LogP contribution in [0.25, 0.3) is 0 Å². The Morgan fingerprint density at radius 1 is 1.15 bits per heavy atom. The van der Waals surface area contributed by atoms with Crippen molar-refractivity contribution >= 4 is 29.0 Å². The maximum Gasteiger partial charge on any atom is 0.261 e. The number of amides is 1. The third-order valence-electron chi connectivity index (χ3n) is 4.40. The summed E-state index contributed by atoms with van der Waals surface area (Å²) in [4.78, 5) is 18.8. The molecular weight excluding hydrogens is 353 g/mol. The number of nitrogens with zero attached hydrogens (tertiary/aromatic N) is 2. The Balaban J connectivity index is 1.77. The van der Waals surface area contributed by atoms with Crippen LogP contribution >= 0.6 is 11.6 Å². The van der Waals surface area contributed by atoms with Gasteiger partial charge in [0.25, 0.3) is 5.91 Å². The average Bonchev–Trinajstić information content (AvgIpc) is 2.92. The van der Waals surface area contributed by atoms with Gasteiger partial charge in [-0.15, -0.1) is 0 Å². The van der Waals surface area contributed by atoms with Gasteiger partial charge in [-0.3, -0.25) is 9.69 Å². The predicted molar refractivity (Wildman–Crippen MR) is 100.0 cm³/mol. The van der Waals surface area contributed by atoms with Crippen molar-refractivity contribution in [1.82, 2.24) is 4.98 Å². The van der Waals surface area contributed by atoms with Crippen molar-refractivity contribution in [2.45, 2.75) is 13.1 Å². The van der Waals surface area contributed by atoms with Crippen LogP contribution in [0.1, 0.15) is 27.7 Å². The van der Waals surface area contributed by atoms with E-state index in [0.29, 0.717) is 27.7 Å². The Bertz CT molecular complexity index is 991. The van der Waals surface area contributed by atoms with Crippen LogP contribution in [0.15, 0.2) is 60.8 Å². The molecule has 0 bridgehead atoms. The van der Waals surface area contributed by atoms with E-state index in [2.05, 4.69) is 10.3 Å². The number of benzene rings is 2. The number of fused-ring (bicyclic) bond motifs is 1. The Hall–Kier alpha value is -2.92. The van der Waals surface area contributed by atoms with Crippen LogP contribution in [0.5, 0.6) is 0 Å². The lowest BCUT2D eigenvalue weighted by Crippen LogP contribution is -2.32. The fraction of sp³-hybridized carbons (Fsp3) is 0.100. The van der Waals surface area contributed by atoms with E-state index in [1.165, 1.54) is 12.3 Å². The maximum absolute atomic E-state index is 13.9. The van der Waals surface area contributed by atoms with E-state index < -0.39 is 6.17 Å². The molecule has 1 atom stereocenters. The molecule has 0 saturated carbocycles. The van der Waals surface area contributed by atoms with Crippen LogP contribution in [0.3, 0.4) is 0 Å². The second-order valence-electron chi connectivity index (χ2n) is 6.11. The highest BCUT2D eigenvalue weighted by atomic mass is 35.5. The van der Waals surface area contributed by atoms with E-state index in [1.54, 1.807) is 42.2 Å². The third-order valence-corrected chi connectivity index (χ3v) is 4.62. The molecule has 0 radical (unpaired) electrons. The standard InChI is InChI=1S/C20H15ClFN3O/c1-12-6-8-14(10-17(12)22)24-19-15-4-2-3-5-16(15)20(26)25(19)18-9-7-13(21)11-23-18/h2-11,19,24H,1H3/t19-/m1/s1. The molecule has 6 heteroatoms. The number of carbonyl (C=O) groups excluding carboxylic acids is 1. The topological polar surface area (TPSA) is 45.2 Å². The Labute approximate surface area is 155 Å². The SMILES string of the molecule is Cc1ccc(N[C@H]2c3ccccc3C(=O)N2c2ccc(Cl)cn2)cc1F. The predicted octanol–water partition coefficient (Wildman–Crippen LogP) is 4.95. The van der Waals surface area contributed by atoms with E-state index >= 15 is 0 Å². The summed E-state index contributed by atoms with van der Waals surface area (Å²) in [5, 5.41) is 3.74. The number of nitrogens with one attached hydrogen (secondary N) is 1. The monoisotopic (exact) mass is 367 g/mol. The number of aryl methyl sites for hydroxylation is 1. The van der Waals surface area contributed by atoms with E-state index in [9.17, 15) is 9.18 Å². The van der Waals surface area contributed by atoms with Gasteiger partial charge in [0.2, 0.25) is 0 Å². The largest absolute Gasteiger partial charge is 0.361 e. The fourth-order valence-electron chi connectivity index (χ4n) is 3.05. The number of halogens is 2. The van der Waals surface area contributed by atoms with Crippen molar-refractivity contribution in [2.24, 2.45) is 0 Å². The zero-order valence-corrected chi connectivity index (χ0v) is 14.7. The first kappa shape index (κ1) is 16.5. The normalized spacial score (nSPS) is 15.9. The Kier molecular flexibility index (Phi) is 4.09. The first-order valence-electron chi connectivity index (χ1n) is 8.11. The van der Waals surface area contributed by atoms with Crippen LogP contribution in [0, 0.1) is 12.7 Å². The van der Waals surface area contributed by atoms with Crippen LogP contribution in [0.4, 0.5) is 15.9 Å². The van der Waals surface area contributed by atoms with Gasteiger partial charge < -0.3 is 5.32 Å². The Morgan fingerprint density at radius 3 is 2.69 bits per heavy atom. The van der Waals surface area contributed by atoms with Gasteiger partial charge >= 0.3 is 0 Å². The number of hydrogen-bond acceptors (Lipinski definition) is 3. The van der Waals surface area contributed by atoms with Crippen LogP contribution < -0.4 is 10.2 Å². The molecule has 2 heterocycles. The first-order chi connectivity index (χ1) is 12.5. The molecule has 0 saturated heterocycles. The van der Waals surface area contributed by atoms with Crippen LogP contribution in [0.2, 0.25) is 5.02 Å². The molecule has 0 aliphatic carbocycles. The molecule has 130 valence electrons. The van der Waals surface area contributed by atoms with E-state index in [4.69, 9.17) is 11.6 Å².